The van der Waals surface area contributed by atoms with Crippen LogP contribution in [0, 0.1) is 11.3 Å². The summed E-state index contributed by atoms with van der Waals surface area (Å²) in [6, 6.07) is 7.45. The number of benzene rings is 1. The molecule has 0 heterocycles. The second-order valence-electron chi connectivity index (χ2n) is 3.19. The van der Waals surface area contributed by atoms with Crippen molar-refractivity contribution in [1.82, 2.24) is 0 Å². The molecule has 4 heteroatoms. The van der Waals surface area contributed by atoms with Gasteiger partial charge in [0.05, 0.1) is 22.3 Å². The Bertz CT molecular complexity index is 373. The number of thioether (sulfide) groups is 1. The van der Waals surface area contributed by atoms with Crippen LogP contribution in [0.5, 0.6) is 0 Å². The molecule has 0 bridgehead atoms. The van der Waals surface area contributed by atoms with Crippen molar-refractivity contribution in [3.63, 3.8) is 0 Å². The van der Waals surface area contributed by atoms with Crippen LogP contribution in [0.2, 0.25) is 5.02 Å². The molecule has 0 N–H and O–H groups in total. The minimum absolute atomic E-state index is 0.599. The first kappa shape index (κ1) is 12.2. The zero-order valence-electron chi connectivity index (χ0n) is 8.83. The predicted octanol–water partition coefficient (Wildman–Crippen LogP) is 3.01. The van der Waals surface area contributed by atoms with Gasteiger partial charge in [0.15, 0.2) is 0 Å². The third-order valence-electron chi connectivity index (χ3n) is 2.12. The Morgan fingerprint density at radius 1 is 1.53 bits per heavy atom. The summed E-state index contributed by atoms with van der Waals surface area (Å²) in [5, 5.41) is 9.34. The molecule has 0 aromatic heterocycles. The number of nitrogens with zero attached hydrogens (tertiary/aromatic N) is 2. The van der Waals surface area contributed by atoms with E-state index in [2.05, 4.69) is 17.2 Å². The summed E-state index contributed by atoms with van der Waals surface area (Å²) in [4.78, 5) is 2.10. The summed E-state index contributed by atoms with van der Waals surface area (Å²) >= 11 is 7.88. The second kappa shape index (κ2) is 5.89. The van der Waals surface area contributed by atoms with E-state index in [0.29, 0.717) is 10.6 Å². The number of halogens is 1. The summed E-state index contributed by atoms with van der Waals surface area (Å²) in [5.74, 6) is 1.06. The monoisotopic (exact) mass is 240 g/mol. The molecule has 0 saturated carbocycles. The van der Waals surface area contributed by atoms with Gasteiger partial charge in [-0.2, -0.15) is 17.0 Å². The molecule has 0 unspecified atom stereocenters. The minimum atomic E-state index is 0.599. The second-order valence-corrected chi connectivity index (χ2v) is 4.59. The van der Waals surface area contributed by atoms with E-state index in [0.717, 1.165) is 18.0 Å². The lowest BCUT2D eigenvalue weighted by Crippen LogP contribution is -2.20. The van der Waals surface area contributed by atoms with Gasteiger partial charge in [-0.25, -0.2) is 0 Å². The van der Waals surface area contributed by atoms with Crippen LogP contribution in [-0.2, 0) is 0 Å². The number of nitriles is 1. The standard InChI is InChI=1S/C11H13ClN2S/c1-14(5-6-15-2)11-4-3-9(8-13)7-10(11)12/h3-4,7H,5-6H2,1-2H3. The molecule has 0 amide bonds. The highest BCUT2D eigenvalue weighted by Crippen LogP contribution is 2.25. The van der Waals surface area contributed by atoms with E-state index < -0.39 is 0 Å². The van der Waals surface area contributed by atoms with Crippen molar-refractivity contribution in [1.29, 1.82) is 5.26 Å². The molecule has 15 heavy (non-hydrogen) atoms. The number of rotatable bonds is 4. The zero-order chi connectivity index (χ0) is 11.3. The largest absolute Gasteiger partial charge is 0.373 e. The van der Waals surface area contributed by atoms with Gasteiger partial charge >= 0.3 is 0 Å². The molecule has 0 aliphatic rings. The maximum Gasteiger partial charge on any atom is 0.0992 e. The van der Waals surface area contributed by atoms with E-state index >= 15 is 0 Å². The van der Waals surface area contributed by atoms with Crippen molar-refractivity contribution in [2.24, 2.45) is 0 Å². The molecular weight excluding hydrogens is 228 g/mol. The van der Waals surface area contributed by atoms with Crippen LogP contribution in [0.15, 0.2) is 18.2 Å². The molecule has 0 atom stereocenters. The normalized spacial score (nSPS) is 9.73. The molecule has 0 radical (unpaired) electrons. The molecule has 0 aliphatic carbocycles. The van der Waals surface area contributed by atoms with Crippen LogP contribution in [0.4, 0.5) is 5.69 Å². The van der Waals surface area contributed by atoms with Gasteiger partial charge in [-0.15, -0.1) is 0 Å². The van der Waals surface area contributed by atoms with Crippen molar-refractivity contribution >= 4 is 29.1 Å². The summed E-state index contributed by atoms with van der Waals surface area (Å²) in [5.41, 5.74) is 1.58. The van der Waals surface area contributed by atoms with Crippen LogP contribution < -0.4 is 4.90 Å². The Balaban J connectivity index is 2.82. The first-order valence-electron chi connectivity index (χ1n) is 4.58. The molecular formula is C11H13ClN2S. The summed E-state index contributed by atoms with van der Waals surface area (Å²) in [6.07, 6.45) is 2.08. The van der Waals surface area contributed by atoms with Crippen LogP contribution in [0.1, 0.15) is 5.56 Å². The van der Waals surface area contributed by atoms with Gasteiger partial charge in [-0.1, -0.05) is 11.6 Å². The van der Waals surface area contributed by atoms with E-state index in [1.165, 1.54) is 0 Å². The van der Waals surface area contributed by atoms with Gasteiger partial charge in [0, 0.05) is 19.3 Å². The number of hydrogen-bond acceptors (Lipinski definition) is 3. The highest BCUT2D eigenvalue weighted by Gasteiger charge is 2.06. The average Bonchev–Trinajstić information content (AvgIpc) is 2.25. The maximum absolute atomic E-state index is 8.71. The number of hydrogen-bond donors (Lipinski definition) is 0. The molecule has 1 aromatic rings. The molecule has 1 aromatic carbocycles. The SMILES string of the molecule is CSCCN(C)c1ccc(C#N)cc1Cl. The molecule has 2 nitrogen and oxygen atoms in total. The van der Waals surface area contributed by atoms with Gasteiger partial charge in [-0.05, 0) is 24.5 Å². The number of anilines is 1. The Labute approximate surface area is 99.8 Å². The van der Waals surface area contributed by atoms with Gasteiger partial charge in [-0.3, -0.25) is 0 Å². The van der Waals surface area contributed by atoms with Gasteiger partial charge in [0.25, 0.3) is 0 Å². The van der Waals surface area contributed by atoms with Crippen molar-refractivity contribution in [2.45, 2.75) is 0 Å². The van der Waals surface area contributed by atoms with Crippen molar-refractivity contribution in [2.75, 3.05) is 30.5 Å². The lowest BCUT2D eigenvalue weighted by atomic mass is 10.2. The fourth-order valence-electron chi connectivity index (χ4n) is 1.23. The molecule has 0 fully saturated rings. The molecule has 0 spiro atoms. The topological polar surface area (TPSA) is 27.0 Å². The Kier molecular flexibility index (Phi) is 4.80. The first-order valence-corrected chi connectivity index (χ1v) is 6.36. The maximum atomic E-state index is 8.71. The first-order chi connectivity index (χ1) is 7.19. The van der Waals surface area contributed by atoms with Crippen LogP contribution in [-0.4, -0.2) is 25.6 Å². The Morgan fingerprint density at radius 3 is 2.80 bits per heavy atom. The lowest BCUT2D eigenvalue weighted by molar-refractivity contribution is 0.978. The third-order valence-corrected chi connectivity index (χ3v) is 3.01. The van der Waals surface area contributed by atoms with Gasteiger partial charge in [0.1, 0.15) is 0 Å². The van der Waals surface area contributed by atoms with Crippen LogP contribution >= 0.6 is 23.4 Å². The van der Waals surface area contributed by atoms with Crippen LogP contribution in [0.3, 0.4) is 0 Å². The van der Waals surface area contributed by atoms with E-state index in [1.807, 2.05) is 13.1 Å². The fraction of sp³-hybridized carbons (Fsp3) is 0.364. The molecule has 80 valence electrons. The van der Waals surface area contributed by atoms with E-state index in [4.69, 9.17) is 16.9 Å². The molecule has 0 aliphatic heterocycles. The van der Waals surface area contributed by atoms with Gasteiger partial charge in [0.2, 0.25) is 0 Å². The Hall–Kier alpha value is -0.850. The lowest BCUT2D eigenvalue weighted by Gasteiger charge is -2.20. The summed E-state index contributed by atoms with van der Waals surface area (Å²) in [7, 11) is 2.00. The summed E-state index contributed by atoms with van der Waals surface area (Å²) in [6.45, 7) is 0.951. The van der Waals surface area contributed by atoms with E-state index in [-0.39, 0.29) is 0 Å². The molecule has 0 saturated heterocycles. The smallest absolute Gasteiger partial charge is 0.0992 e. The van der Waals surface area contributed by atoms with Crippen molar-refractivity contribution in [3.05, 3.63) is 28.8 Å². The quantitative estimate of drug-likeness (QED) is 0.810. The van der Waals surface area contributed by atoms with E-state index in [1.54, 1.807) is 23.9 Å². The van der Waals surface area contributed by atoms with Crippen molar-refractivity contribution < 1.29 is 0 Å². The highest BCUT2D eigenvalue weighted by atomic mass is 35.5. The predicted molar refractivity (Wildman–Crippen MR) is 67.8 cm³/mol. The van der Waals surface area contributed by atoms with E-state index in [9.17, 15) is 0 Å². The average molecular weight is 241 g/mol. The zero-order valence-corrected chi connectivity index (χ0v) is 10.4. The van der Waals surface area contributed by atoms with Crippen molar-refractivity contribution in [3.8, 4) is 6.07 Å². The molecule has 1 rings (SSSR count). The Morgan fingerprint density at radius 2 is 2.27 bits per heavy atom. The van der Waals surface area contributed by atoms with Gasteiger partial charge < -0.3 is 4.90 Å². The third kappa shape index (κ3) is 3.33. The highest BCUT2D eigenvalue weighted by molar-refractivity contribution is 7.98. The van der Waals surface area contributed by atoms with Crippen LogP contribution in [0.25, 0.3) is 0 Å². The minimum Gasteiger partial charge on any atom is -0.373 e. The fourth-order valence-corrected chi connectivity index (χ4v) is 2.02. The summed E-state index contributed by atoms with van der Waals surface area (Å²) < 4.78 is 0.